The Balaban J connectivity index is 2.31. The molecule has 6 heteroatoms. The van der Waals surface area contributed by atoms with E-state index < -0.39 is 0 Å². The molecule has 1 atom stereocenters. The van der Waals surface area contributed by atoms with Crippen LogP contribution >= 0.6 is 11.3 Å². The van der Waals surface area contributed by atoms with E-state index in [-0.39, 0.29) is 11.9 Å². The molecule has 1 amide bonds. The number of carbonyl (C=O) groups is 1. The third-order valence-corrected chi connectivity index (χ3v) is 4.82. The van der Waals surface area contributed by atoms with Crippen LogP contribution in [0, 0.1) is 6.92 Å². The van der Waals surface area contributed by atoms with Gasteiger partial charge in [-0.15, -0.1) is 11.3 Å². The van der Waals surface area contributed by atoms with Crippen molar-refractivity contribution in [2.45, 2.75) is 46.1 Å². The first kappa shape index (κ1) is 14.8. The summed E-state index contributed by atoms with van der Waals surface area (Å²) in [4.78, 5) is 13.9. The van der Waals surface area contributed by atoms with Gasteiger partial charge in [0.2, 0.25) is 0 Å². The fourth-order valence-electron chi connectivity index (χ4n) is 2.48. The Kier molecular flexibility index (Phi) is 4.32. The number of nitrogen functional groups attached to an aromatic ring is 1. The molecule has 2 heterocycles. The Morgan fingerprint density at radius 3 is 2.75 bits per heavy atom. The Morgan fingerprint density at radius 1 is 1.50 bits per heavy atom. The maximum Gasteiger partial charge on any atom is 0.263 e. The zero-order chi connectivity index (χ0) is 14.9. The van der Waals surface area contributed by atoms with Crippen LogP contribution in [-0.2, 0) is 7.05 Å². The summed E-state index contributed by atoms with van der Waals surface area (Å²) >= 11 is 1.41. The predicted octanol–water partition coefficient (Wildman–Crippen LogP) is 2.83. The summed E-state index contributed by atoms with van der Waals surface area (Å²) in [6.07, 6.45) is 2.99. The van der Waals surface area contributed by atoms with Crippen molar-refractivity contribution in [1.29, 1.82) is 0 Å². The molecule has 0 fully saturated rings. The highest BCUT2D eigenvalue weighted by molar-refractivity contribution is 7.21. The normalized spacial score (nSPS) is 12.8. The first-order chi connectivity index (χ1) is 9.49. The second-order valence-corrected chi connectivity index (χ2v) is 6.10. The van der Waals surface area contributed by atoms with E-state index in [0.717, 1.165) is 35.2 Å². The van der Waals surface area contributed by atoms with Crippen molar-refractivity contribution in [3.05, 3.63) is 10.6 Å². The van der Waals surface area contributed by atoms with Crippen LogP contribution in [0.15, 0.2) is 0 Å². The molecule has 0 aromatic carbocycles. The molecule has 1 unspecified atom stereocenters. The fraction of sp³-hybridized carbons (Fsp3) is 0.571. The van der Waals surface area contributed by atoms with Crippen LogP contribution in [0.5, 0.6) is 0 Å². The third-order valence-electron chi connectivity index (χ3n) is 3.55. The maximum absolute atomic E-state index is 12.4. The molecule has 0 saturated heterocycles. The van der Waals surface area contributed by atoms with Gasteiger partial charge in [0, 0.05) is 13.1 Å². The zero-order valence-corrected chi connectivity index (χ0v) is 13.3. The summed E-state index contributed by atoms with van der Waals surface area (Å²) in [6.45, 7) is 6.12. The van der Waals surface area contributed by atoms with Crippen molar-refractivity contribution in [1.82, 2.24) is 15.1 Å². The predicted molar refractivity (Wildman–Crippen MR) is 84.2 cm³/mol. The van der Waals surface area contributed by atoms with Crippen LogP contribution < -0.4 is 11.1 Å². The van der Waals surface area contributed by atoms with E-state index in [2.05, 4.69) is 24.3 Å². The highest BCUT2D eigenvalue weighted by Crippen LogP contribution is 2.35. The SMILES string of the molecule is CCCC(CC)NC(=O)c1sc2c(c(C)nn2C)c1N. The van der Waals surface area contributed by atoms with Gasteiger partial charge in [-0.1, -0.05) is 20.3 Å². The fourth-order valence-corrected chi connectivity index (χ4v) is 3.57. The van der Waals surface area contributed by atoms with E-state index in [9.17, 15) is 4.79 Å². The van der Waals surface area contributed by atoms with Gasteiger partial charge < -0.3 is 11.1 Å². The van der Waals surface area contributed by atoms with Crippen molar-refractivity contribution in [2.75, 3.05) is 5.73 Å². The van der Waals surface area contributed by atoms with Gasteiger partial charge in [-0.3, -0.25) is 9.48 Å². The molecular formula is C14H22N4OS. The van der Waals surface area contributed by atoms with Crippen LogP contribution in [0.2, 0.25) is 0 Å². The smallest absolute Gasteiger partial charge is 0.263 e. The summed E-state index contributed by atoms with van der Waals surface area (Å²) in [5.41, 5.74) is 7.57. The van der Waals surface area contributed by atoms with Crippen molar-refractivity contribution in [3.8, 4) is 0 Å². The van der Waals surface area contributed by atoms with E-state index in [0.29, 0.717) is 10.6 Å². The average molecular weight is 294 g/mol. The number of nitrogens with zero attached hydrogens (tertiary/aromatic N) is 2. The lowest BCUT2D eigenvalue weighted by atomic mass is 10.1. The molecule has 0 aliphatic heterocycles. The standard InChI is InChI=1S/C14H22N4OS/c1-5-7-9(6-2)16-13(19)12-11(15)10-8(3)17-18(4)14(10)20-12/h9H,5-7,15H2,1-4H3,(H,16,19). The number of carbonyl (C=O) groups excluding carboxylic acids is 1. The van der Waals surface area contributed by atoms with Crippen LogP contribution in [0.4, 0.5) is 5.69 Å². The molecule has 2 aromatic heterocycles. The molecule has 20 heavy (non-hydrogen) atoms. The Morgan fingerprint density at radius 2 is 2.20 bits per heavy atom. The van der Waals surface area contributed by atoms with Gasteiger partial charge in [0.1, 0.15) is 9.71 Å². The topological polar surface area (TPSA) is 72.9 Å². The zero-order valence-electron chi connectivity index (χ0n) is 12.5. The summed E-state index contributed by atoms with van der Waals surface area (Å²) < 4.78 is 1.78. The van der Waals surface area contributed by atoms with Crippen molar-refractivity contribution >= 4 is 33.1 Å². The third kappa shape index (κ3) is 2.52. The molecule has 110 valence electrons. The Labute approximate surface area is 123 Å². The van der Waals surface area contributed by atoms with Crippen LogP contribution in [0.3, 0.4) is 0 Å². The Hall–Kier alpha value is -1.56. The molecule has 0 aliphatic rings. The average Bonchev–Trinajstić information content (AvgIpc) is 2.88. The first-order valence-corrected chi connectivity index (χ1v) is 7.83. The minimum Gasteiger partial charge on any atom is -0.397 e. The van der Waals surface area contributed by atoms with E-state index in [1.807, 2.05) is 14.0 Å². The molecule has 5 nitrogen and oxygen atoms in total. The minimum absolute atomic E-state index is 0.0663. The molecule has 3 N–H and O–H groups in total. The monoisotopic (exact) mass is 294 g/mol. The summed E-state index contributed by atoms with van der Waals surface area (Å²) in [6, 6.07) is 0.219. The van der Waals surface area contributed by atoms with Gasteiger partial charge in [-0.2, -0.15) is 5.10 Å². The highest BCUT2D eigenvalue weighted by Gasteiger charge is 2.22. The number of thiophene rings is 1. The van der Waals surface area contributed by atoms with Gasteiger partial charge in [-0.25, -0.2) is 0 Å². The lowest BCUT2D eigenvalue weighted by Gasteiger charge is -2.15. The number of nitrogens with one attached hydrogen (secondary N) is 1. The molecular weight excluding hydrogens is 272 g/mol. The van der Waals surface area contributed by atoms with Gasteiger partial charge in [0.15, 0.2) is 0 Å². The number of amides is 1. The van der Waals surface area contributed by atoms with Gasteiger partial charge in [0.25, 0.3) is 5.91 Å². The second-order valence-electron chi connectivity index (χ2n) is 5.10. The quantitative estimate of drug-likeness (QED) is 0.890. The minimum atomic E-state index is -0.0663. The molecule has 0 saturated carbocycles. The highest BCUT2D eigenvalue weighted by atomic mass is 32.1. The van der Waals surface area contributed by atoms with Crippen LogP contribution in [-0.4, -0.2) is 21.7 Å². The van der Waals surface area contributed by atoms with Crippen molar-refractivity contribution < 1.29 is 4.79 Å². The molecule has 0 spiro atoms. The number of anilines is 1. The van der Waals surface area contributed by atoms with E-state index in [1.54, 1.807) is 4.68 Å². The number of hydrogen-bond donors (Lipinski definition) is 2. The number of aromatic nitrogens is 2. The van der Waals surface area contributed by atoms with Gasteiger partial charge in [-0.05, 0) is 19.8 Å². The second kappa shape index (κ2) is 5.83. The van der Waals surface area contributed by atoms with Crippen molar-refractivity contribution in [2.24, 2.45) is 7.05 Å². The van der Waals surface area contributed by atoms with Crippen LogP contribution in [0.25, 0.3) is 10.2 Å². The summed E-state index contributed by atoms with van der Waals surface area (Å²) in [5.74, 6) is -0.0663. The molecule has 2 rings (SSSR count). The lowest BCUT2D eigenvalue weighted by molar-refractivity contribution is 0.0938. The number of aryl methyl sites for hydroxylation is 2. The Bertz CT molecular complexity index is 629. The van der Waals surface area contributed by atoms with E-state index in [1.165, 1.54) is 11.3 Å². The molecule has 0 aliphatic carbocycles. The lowest BCUT2D eigenvalue weighted by Crippen LogP contribution is -2.34. The number of hydrogen-bond acceptors (Lipinski definition) is 4. The number of nitrogens with two attached hydrogens (primary N) is 1. The number of rotatable bonds is 5. The summed E-state index contributed by atoms with van der Waals surface area (Å²) in [5, 5.41) is 8.32. The molecule has 0 bridgehead atoms. The van der Waals surface area contributed by atoms with Gasteiger partial charge in [0.05, 0.1) is 16.8 Å². The number of fused-ring (bicyclic) bond motifs is 1. The maximum atomic E-state index is 12.4. The largest absolute Gasteiger partial charge is 0.397 e. The van der Waals surface area contributed by atoms with Crippen LogP contribution in [0.1, 0.15) is 48.5 Å². The van der Waals surface area contributed by atoms with E-state index in [4.69, 9.17) is 5.73 Å². The van der Waals surface area contributed by atoms with Gasteiger partial charge >= 0.3 is 0 Å². The molecule has 2 aromatic rings. The van der Waals surface area contributed by atoms with Crippen molar-refractivity contribution in [3.63, 3.8) is 0 Å². The molecule has 0 radical (unpaired) electrons. The van der Waals surface area contributed by atoms with E-state index >= 15 is 0 Å². The summed E-state index contributed by atoms with van der Waals surface area (Å²) in [7, 11) is 1.87. The first-order valence-electron chi connectivity index (χ1n) is 7.01.